The first-order valence-electron chi connectivity index (χ1n) is 7.41. The van der Waals surface area contributed by atoms with Crippen LogP contribution >= 0.6 is 0 Å². The Bertz CT molecular complexity index is 651. The highest BCUT2D eigenvalue weighted by atomic mass is 32.2. The van der Waals surface area contributed by atoms with Crippen molar-refractivity contribution in [3.8, 4) is 0 Å². The third-order valence-corrected chi connectivity index (χ3v) is 6.25. The molecule has 0 aliphatic carbocycles. The number of carbonyl (C=O) groups is 1. The molecular formula is C13H22N4O4S. The fourth-order valence-electron chi connectivity index (χ4n) is 2.70. The molecule has 8 nitrogen and oxygen atoms in total. The van der Waals surface area contributed by atoms with Gasteiger partial charge in [0.1, 0.15) is 17.7 Å². The Morgan fingerprint density at radius 3 is 2.55 bits per heavy atom. The maximum Gasteiger partial charge on any atom is 0.323 e. The smallest absolute Gasteiger partial charge is 0.323 e. The first kappa shape index (κ1) is 16.9. The maximum absolute atomic E-state index is 12.7. The van der Waals surface area contributed by atoms with Gasteiger partial charge in [-0.15, -0.1) is 10.2 Å². The molecular weight excluding hydrogens is 308 g/mol. The summed E-state index contributed by atoms with van der Waals surface area (Å²) in [6, 6.07) is -1.11. The van der Waals surface area contributed by atoms with Gasteiger partial charge in [0.25, 0.3) is 0 Å². The van der Waals surface area contributed by atoms with Gasteiger partial charge in [-0.2, -0.15) is 4.31 Å². The summed E-state index contributed by atoms with van der Waals surface area (Å²) in [5, 5.41) is 17.3. The molecule has 1 aromatic rings. The molecule has 1 aliphatic heterocycles. The van der Waals surface area contributed by atoms with Gasteiger partial charge in [-0.1, -0.05) is 26.7 Å². The van der Waals surface area contributed by atoms with Gasteiger partial charge >= 0.3 is 5.97 Å². The number of aliphatic carboxylic acids is 1. The number of fused-ring (bicyclic) bond motifs is 1. The summed E-state index contributed by atoms with van der Waals surface area (Å²) in [7, 11) is -3.66. The molecule has 1 atom stereocenters. The lowest BCUT2D eigenvalue weighted by Crippen LogP contribution is -2.51. The van der Waals surface area contributed by atoms with E-state index >= 15 is 0 Å². The number of aryl methyl sites for hydroxylation is 1. The van der Waals surface area contributed by atoms with Crippen LogP contribution in [-0.2, 0) is 27.9 Å². The highest BCUT2D eigenvalue weighted by Gasteiger charge is 2.40. The molecule has 0 saturated carbocycles. The van der Waals surface area contributed by atoms with Gasteiger partial charge in [-0.25, -0.2) is 8.42 Å². The van der Waals surface area contributed by atoms with Gasteiger partial charge in [-0.3, -0.25) is 4.79 Å². The largest absolute Gasteiger partial charge is 0.480 e. The molecule has 1 aromatic heterocycles. The van der Waals surface area contributed by atoms with Crippen LogP contribution in [0.1, 0.15) is 38.3 Å². The number of rotatable bonds is 6. The van der Waals surface area contributed by atoms with Crippen molar-refractivity contribution in [1.29, 1.82) is 0 Å². The van der Waals surface area contributed by atoms with E-state index in [4.69, 9.17) is 0 Å². The number of carboxylic acids is 1. The van der Waals surface area contributed by atoms with Crippen molar-refractivity contribution in [2.75, 3.05) is 5.75 Å². The summed E-state index contributed by atoms with van der Waals surface area (Å²) in [5.74, 6) is -0.0639. The molecule has 0 spiro atoms. The fourth-order valence-corrected chi connectivity index (χ4v) is 4.82. The lowest BCUT2D eigenvalue weighted by Gasteiger charge is -2.33. The second-order valence-electron chi connectivity index (χ2n) is 5.63. The van der Waals surface area contributed by atoms with E-state index in [1.54, 1.807) is 11.5 Å². The van der Waals surface area contributed by atoms with Crippen LogP contribution < -0.4 is 0 Å². The van der Waals surface area contributed by atoms with Crippen LogP contribution in [0.15, 0.2) is 0 Å². The van der Waals surface area contributed by atoms with Crippen molar-refractivity contribution in [3.05, 3.63) is 11.6 Å². The van der Waals surface area contributed by atoms with Gasteiger partial charge in [0.15, 0.2) is 0 Å². The molecule has 1 unspecified atom stereocenters. The molecule has 22 heavy (non-hydrogen) atoms. The molecule has 1 aliphatic rings. The zero-order chi connectivity index (χ0) is 16.5. The van der Waals surface area contributed by atoms with Crippen LogP contribution in [-0.4, -0.2) is 50.4 Å². The molecule has 1 N–H and O–H groups in total. The Labute approximate surface area is 130 Å². The molecule has 0 aromatic carbocycles. The van der Waals surface area contributed by atoms with Crippen LogP contribution in [0, 0.1) is 12.8 Å². The second kappa shape index (κ2) is 6.33. The Hall–Kier alpha value is -1.48. The summed E-state index contributed by atoms with van der Waals surface area (Å²) in [4.78, 5) is 11.5. The molecule has 9 heteroatoms. The molecule has 0 fully saturated rings. The van der Waals surface area contributed by atoms with Crippen LogP contribution in [0.5, 0.6) is 0 Å². The molecule has 2 rings (SSSR count). The Balaban J connectivity index is 2.33. The number of nitrogens with zero attached hydrogens (tertiary/aromatic N) is 4. The van der Waals surface area contributed by atoms with Crippen LogP contribution in [0.4, 0.5) is 0 Å². The van der Waals surface area contributed by atoms with Gasteiger partial charge in [0.05, 0.1) is 18.8 Å². The maximum atomic E-state index is 12.7. The average molecular weight is 330 g/mol. The average Bonchev–Trinajstić information content (AvgIpc) is 2.84. The minimum atomic E-state index is -3.66. The lowest BCUT2D eigenvalue weighted by atomic mass is 10.1. The normalized spacial score (nSPS) is 19.4. The number of carboxylic acid groups (broad SMARTS) is 1. The zero-order valence-electron chi connectivity index (χ0n) is 13.1. The van der Waals surface area contributed by atoms with E-state index in [0.717, 1.165) is 17.1 Å². The Morgan fingerprint density at radius 1 is 1.36 bits per heavy atom. The third-order valence-electron chi connectivity index (χ3n) is 4.26. The number of sulfonamides is 1. The van der Waals surface area contributed by atoms with Crippen molar-refractivity contribution in [2.24, 2.45) is 5.92 Å². The molecule has 0 saturated heterocycles. The van der Waals surface area contributed by atoms with Gasteiger partial charge in [0.2, 0.25) is 10.0 Å². The van der Waals surface area contributed by atoms with E-state index in [2.05, 4.69) is 10.2 Å². The Kier molecular flexibility index (Phi) is 4.86. The van der Waals surface area contributed by atoms with Crippen LogP contribution in [0.2, 0.25) is 0 Å². The monoisotopic (exact) mass is 330 g/mol. The Morgan fingerprint density at radius 2 is 2.00 bits per heavy atom. The lowest BCUT2D eigenvalue weighted by molar-refractivity contribution is -0.142. The van der Waals surface area contributed by atoms with E-state index in [1.807, 2.05) is 13.8 Å². The van der Waals surface area contributed by atoms with E-state index in [-0.39, 0.29) is 24.8 Å². The molecule has 0 bridgehead atoms. The van der Waals surface area contributed by atoms with Crippen molar-refractivity contribution >= 4 is 16.0 Å². The van der Waals surface area contributed by atoms with E-state index in [1.165, 1.54) is 0 Å². The highest BCUT2D eigenvalue weighted by molar-refractivity contribution is 7.89. The topological polar surface area (TPSA) is 105 Å². The quantitative estimate of drug-likeness (QED) is 0.820. The zero-order valence-corrected chi connectivity index (χ0v) is 13.9. The second-order valence-corrected chi connectivity index (χ2v) is 7.60. The minimum Gasteiger partial charge on any atom is -0.480 e. The predicted molar refractivity (Wildman–Crippen MR) is 79.6 cm³/mol. The SMILES string of the molecule is CCC(CC)CS(=O)(=O)N1Cc2nnc(C)n2CC1C(=O)O. The summed E-state index contributed by atoms with van der Waals surface area (Å²) >= 11 is 0. The van der Waals surface area contributed by atoms with Gasteiger partial charge < -0.3 is 9.67 Å². The summed E-state index contributed by atoms with van der Waals surface area (Å²) in [6.45, 7) is 5.61. The van der Waals surface area contributed by atoms with Crippen LogP contribution in [0.3, 0.4) is 0 Å². The standard InChI is InChI=1S/C13H22N4O4S/c1-4-10(5-2)8-22(20,21)17-7-12-15-14-9(3)16(12)6-11(17)13(18)19/h10-11H,4-8H2,1-3H3,(H,18,19). The van der Waals surface area contributed by atoms with E-state index in [9.17, 15) is 18.3 Å². The van der Waals surface area contributed by atoms with Crippen molar-refractivity contribution < 1.29 is 18.3 Å². The van der Waals surface area contributed by atoms with E-state index in [0.29, 0.717) is 11.6 Å². The van der Waals surface area contributed by atoms with Crippen molar-refractivity contribution in [3.63, 3.8) is 0 Å². The summed E-state index contributed by atoms with van der Waals surface area (Å²) in [5.41, 5.74) is 0. The van der Waals surface area contributed by atoms with Crippen molar-refractivity contribution in [2.45, 2.75) is 52.7 Å². The predicted octanol–water partition coefficient (Wildman–Crippen LogP) is 0.621. The highest BCUT2D eigenvalue weighted by Crippen LogP contribution is 2.24. The molecule has 0 radical (unpaired) electrons. The van der Waals surface area contributed by atoms with E-state index < -0.39 is 22.0 Å². The summed E-state index contributed by atoms with van der Waals surface area (Å²) in [6.07, 6.45) is 1.49. The number of aromatic nitrogens is 3. The summed E-state index contributed by atoms with van der Waals surface area (Å²) < 4.78 is 28.0. The fraction of sp³-hybridized carbons (Fsp3) is 0.769. The van der Waals surface area contributed by atoms with Gasteiger partial charge in [-0.05, 0) is 12.8 Å². The molecule has 0 amide bonds. The first-order valence-corrected chi connectivity index (χ1v) is 9.02. The third kappa shape index (κ3) is 3.14. The van der Waals surface area contributed by atoms with Crippen LogP contribution in [0.25, 0.3) is 0 Å². The molecule has 124 valence electrons. The molecule has 2 heterocycles. The number of hydrogen-bond acceptors (Lipinski definition) is 5. The van der Waals surface area contributed by atoms with Gasteiger partial charge in [0, 0.05) is 0 Å². The number of hydrogen-bond donors (Lipinski definition) is 1. The van der Waals surface area contributed by atoms with Crippen molar-refractivity contribution in [1.82, 2.24) is 19.1 Å². The first-order chi connectivity index (χ1) is 10.3. The minimum absolute atomic E-state index is 0.0287.